The molecule has 0 aliphatic carbocycles. The van der Waals surface area contributed by atoms with E-state index < -0.39 is 0 Å². The van der Waals surface area contributed by atoms with Crippen LogP contribution in [-0.2, 0) is 21.7 Å². The van der Waals surface area contributed by atoms with Crippen molar-refractivity contribution in [2.45, 2.75) is 6.92 Å². The van der Waals surface area contributed by atoms with E-state index in [1.165, 1.54) is 0 Å². The van der Waals surface area contributed by atoms with Gasteiger partial charge in [-0.3, -0.25) is 0 Å². The molecule has 0 saturated carbocycles. The summed E-state index contributed by atoms with van der Waals surface area (Å²) >= 11 is 0. The predicted octanol–water partition coefficient (Wildman–Crippen LogP) is 0.840. The van der Waals surface area contributed by atoms with Crippen LogP contribution in [0.4, 0.5) is 0 Å². The first-order chi connectivity index (χ1) is 1.41. The van der Waals surface area contributed by atoms with E-state index in [-0.39, 0.29) is 53.1 Å². The van der Waals surface area contributed by atoms with Gasteiger partial charge in [-0.25, -0.2) is 0 Å². The average molecular weight is 167 g/mol. The molecule has 0 aromatic heterocycles. The maximum atomic E-state index is 7.57. The van der Waals surface area contributed by atoms with Crippen molar-refractivity contribution in [2.24, 2.45) is 0 Å². The molecule has 0 fully saturated rings. The summed E-state index contributed by atoms with van der Waals surface area (Å²) in [7, 11) is 0. The Morgan fingerprint density at radius 3 is 1.33 bits per heavy atom. The standard InChI is InChI=1S/C2H6O.2ClH.Ti/c1-2-3;;;/h3H,2H2,1H3;2*1H;. The monoisotopic (exact) mass is 166 g/mol. The second-order valence-corrected chi connectivity index (χ2v) is 0.316. The molecule has 0 atom stereocenters. The zero-order valence-electron chi connectivity index (χ0n) is 3.47. The molecule has 0 spiro atoms. The fraction of sp³-hybridized carbons (Fsp3) is 1.00. The molecule has 6 heavy (non-hydrogen) atoms. The summed E-state index contributed by atoms with van der Waals surface area (Å²) in [5.41, 5.74) is 0. The number of hydrogen-bond acceptors (Lipinski definition) is 1. The summed E-state index contributed by atoms with van der Waals surface area (Å²) in [6.07, 6.45) is 0. The van der Waals surface area contributed by atoms with Crippen molar-refractivity contribution < 1.29 is 26.8 Å². The Balaban J connectivity index is -0.00000000667. The second kappa shape index (κ2) is 34.0. The van der Waals surface area contributed by atoms with Crippen LogP contribution in [-0.4, -0.2) is 11.7 Å². The molecule has 0 heterocycles. The molecule has 0 unspecified atom stereocenters. The molecule has 1 N–H and O–H groups in total. The fourth-order valence-corrected chi connectivity index (χ4v) is 0. The van der Waals surface area contributed by atoms with Crippen LogP contribution in [0.25, 0.3) is 0 Å². The van der Waals surface area contributed by atoms with Gasteiger partial charge in [-0.1, -0.05) is 0 Å². The van der Waals surface area contributed by atoms with Gasteiger partial charge in [0.05, 0.1) is 0 Å². The Morgan fingerprint density at radius 2 is 1.33 bits per heavy atom. The molecule has 0 aliphatic heterocycles. The molecule has 0 rings (SSSR count). The maximum Gasteiger partial charge on any atom is 0.0402 e. The fourth-order valence-electron chi connectivity index (χ4n) is 0. The van der Waals surface area contributed by atoms with Gasteiger partial charge in [0, 0.05) is 28.3 Å². The van der Waals surface area contributed by atoms with Gasteiger partial charge in [-0.05, 0) is 6.92 Å². The van der Waals surface area contributed by atoms with E-state index in [1.54, 1.807) is 6.92 Å². The number of rotatable bonds is 0. The van der Waals surface area contributed by atoms with Gasteiger partial charge in [-0.2, -0.15) is 0 Å². The average Bonchev–Trinajstić information content (AvgIpc) is 0.918. The first-order valence-corrected chi connectivity index (χ1v) is 1.02. The number of aliphatic hydroxyl groups is 1. The van der Waals surface area contributed by atoms with E-state index in [9.17, 15) is 0 Å². The van der Waals surface area contributed by atoms with E-state index in [2.05, 4.69) is 0 Å². The Morgan fingerprint density at radius 1 is 1.33 bits per heavy atom. The predicted molar refractivity (Wildman–Crippen MR) is 27.3 cm³/mol. The van der Waals surface area contributed by atoms with E-state index in [0.29, 0.717) is 0 Å². The quantitative estimate of drug-likeness (QED) is 0.529. The molecular formula is C2H8Cl2OTi. The molecule has 0 bridgehead atoms. The van der Waals surface area contributed by atoms with Crippen LogP contribution in [0, 0.1) is 0 Å². The van der Waals surface area contributed by atoms with Gasteiger partial charge in [0.1, 0.15) is 0 Å². The smallest absolute Gasteiger partial charge is 0.0402 e. The van der Waals surface area contributed by atoms with Gasteiger partial charge in [-0.15, -0.1) is 24.8 Å². The Hall–Kier alpha value is 1.25. The van der Waals surface area contributed by atoms with Crippen LogP contribution in [0.15, 0.2) is 0 Å². The van der Waals surface area contributed by atoms with E-state index in [1.807, 2.05) is 0 Å². The molecular weight excluding hydrogens is 159 g/mol. The summed E-state index contributed by atoms with van der Waals surface area (Å²) in [4.78, 5) is 0. The third kappa shape index (κ3) is 60.4. The number of halogens is 2. The van der Waals surface area contributed by atoms with Crippen molar-refractivity contribution in [3.63, 3.8) is 0 Å². The summed E-state index contributed by atoms with van der Waals surface area (Å²) in [5, 5.41) is 7.57. The van der Waals surface area contributed by atoms with Crippen LogP contribution in [0.5, 0.6) is 0 Å². The van der Waals surface area contributed by atoms with Crippen molar-refractivity contribution in [1.29, 1.82) is 0 Å². The summed E-state index contributed by atoms with van der Waals surface area (Å²) in [6.45, 7) is 1.93. The van der Waals surface area contributed by atoms with Crippen LogP contribution in [0.2, 0.25) is 0 Å². The van der Waals surface area contributed by atoms with Crippen molar-refractivity contribution in [3.8, 4) is 0 Å². The second-order valence-electron chi connectivity index (χ2n) is 0.316. The normalized spacial score (nSPS) is 3.00. The minimum absolute atomic E-state index is 0. The van der Waals surface area contributed by atoms with Crippen molar-refractivity contribution in [2.75, 3.05) is 6.61 Å². The third-order valence-electron chi connectivity index (χ3n) is 0. The third-order valence-corrected chi connectivity index (χ3v) is 0. The first-order valence-electron chi connectivity index (χ1n) is 1.02. The van der Waals surface area contributed by atoms with Crippen molar-refractivity contribution in [1.82, 2.24) is 0 Å². The maximum absolute atomic E-state index is 7.57. The SMILES string of the molecule is CCO.Cl.Cl.[Ti]. The van der Waals surface area contributed by atoms with E-state index in [0.717, 1.165) is 0 Å². The van der Waals surface area contributed by atoms with Gasteiger partial charge in [0.15, 0.2) is 0 Å². The van der Waals surface area contributed by atoms with Gasteiger partial charge in [0.25, 0.3) is 0 Å². The van der Waals surface area contributed by atoms with Crippen LogP contribution in [0.1, 0.15) is 6.92 Å². The largest absolute Gasteiger partial charge is 0.397 e. The molecule has 0 saturated heterocycles. The van der Waals surface area contributed by atoms with E-state index >= 15 is 0 Å². The Labute approximate surface area is 65.2 Å². The van der Waals surface area contributed by atoms with Crippen LogP contribution in [0.3, 0.4) is 0 Å². The Kier molecular flexibility index (Phi) is 152. The van der Waals surface area contributed by atoms with Crippen LogP contribution >= 0.6 is 24.8 Å². The molecule has 0 radical (unpaired) electrons. The van der Waals surface area contributed by atoms with Crippen molar-refractivity contribution >= 4 is 24.8 Å². The molecule has 0 amide bonds. The summed E-state index contributed by atoms with van der Waals surface area (Å²) in [5.74, 6) is 0. The molecule has 1 nitrogen and oxygen atoms in total. The minimum Gasteiger partial charge on any atom is -0.397 e. The topological polar surface area (TPSA) is 20.2 Å². The zero-order valence-corrected chi connectivity index (χ0v) is 6.67. The zero-order chi connectivity index (χ0) is 2.71. The van der Waals surface area contributed by atoms with Crippen LogP contribution < -0.4 is 0 Å². The van der Waals surface area contributed by atoms with Crippen molar-refractivity contribution in [3.05, 3.63) is 0 Å². The summed E-state index contributed by atoms with van der Waals surface area (Å²) < 4.78 is 0. The van der Waals surface area contributed by atoms with Gasteiger partial charge >= 0.3 is 0 Å². The number of aliphatic hydroxyl groups excluding tert-OH is 1. The summed E-state index contributed by atoms with van der Waals surface area (Å²) in [6, 6.07) is 0. The van der Waals surface area contributed by atoms with Gasteiger partial charge < -0.3 is 5.11 Å². The first kappa shape index (κ1) is 26.8. The Bertz CT molecular complexity index is 11.5. The minimum atomic E-state index is 0. The van der Waals surface area contributed by atoms with E-state index in [4.69, 9.17) is 5.11 Å². The van der Waals surface area contributed by atoms with Gasteiger partial charge in [0.2, 0.25) is 0 Å². The molecule has 0 aromatic rings. The number of hydrogen-bond donors (Lipinski definition) is 1. The molecule has 0 aliphatic rings. The molecule has 0 aromatic carbocycles. The molecule has 4 heteroatoms. The molecule has 40 valence electrons.